The Morgan fingerprint density at radius 1 is 1.33 bits per heavy atom. The molecule has 0 radical (unpaired) electrons. The lowest BCUT2D eigenvalue weighted by atomic mass is 9.96. The molecule has 0 bridgehead atoms. The molecule has 7 heteroatoms. The number of carboxylic acids is 1. The number of carboxylic acid groups (broad SMARTS) is 1. The third-order valence-corrected chi connectivity index (χ3v) is 4.51. The number of nitrogens with zero attached hydrogens (tertiary/aromatic N) is 3. The van der Waals surface area contributed by atoms with E-state index in [0.717, 1.165) is 5.69 Å². The first-order chi connectivity index (χ1) is 11.4. The van der Waals surface area contributed by atoms with Gasteiger partial charge in [0.05, 0.1) is 22.6 Å². The van der Waals surface area contributed by atoms with Crippen LogP contribution in [-0.4, -0.2) is 45.1 Å². The summed E-state index contributed by atoms with van der Waals surface area (Å²) in [5.41, 5.74) is 2.33. The molecular formula is C17H21N3O4. The minimum Gasteiger partial charge on any atom is -0.481 e. The van der Waals surface area contributed by atoms with Gasteiger partial charge in [0.15, 0.2) is 0 Å². The molecule has 128 valence electrons. The standard InChI is InChI=1S/C17H21N3O4/c1-9(2)14-13-12(8-10(3)18-15(13)24-19-14)16(21)20-6-4-11(5-7-20)17(22)23/h8-9,11H,4-7H2,1-3H3,(H,22,23). The summed E-state index contributed by atoms with van der Waals surface area (Å²) in [6.45, 7) is 6.68. The Morgan fingerprint density at radius 3 is 2.58 bits per heavy atom. The summed E-state index contributed by atoms with van der Waals surface area (Å²) in [5, 5.41) is 13.8. The van der Waals surface area contributed by atoms with E-state index in [-0.39, 0.29) is 17.7 Å². The molecule has 1 N–H and O–H groups in total. The zero-order valence-electron chi connectivity index (χ0n) is 14.1. The molecule has 1 aliphatic rings. The second-order valence-corrected chi connectivity index (χ2v) is 6.62. The zero-order chi connectivity index (χ0) is 17.4. The minimum atomic E-state index is -0.787. The van der Waals surface area contributed by atoms with Gasteiger partial charge in [0, 0.05) is 18.8 Å². The molecule has 2 aromatic rings. The first-order valence-corrected chi connectivity index (χ1v) is 8.17. The monoisotopic (exact) mass is 331 g/mol. The molecule has 0 aromatic carbocycles. The van der Waals surface area contributed by atoms with Crippen LogP contribution in [0.15, 0.2) is 10.6 Å². The third-order valence-electron chi connectivity index (χ3n) is 4.51. The molecular weight excluding hydrogens is 310 g/mol. The summed E-state index contributed by atoms with van der Waals surface area (Å²) in [5.74, 6) is -1.15. The Kier molecular flexibility index (Phi) is 4.26. The number of aryl methyl sites for hydroxylation is 1. The fourth-order valence-electron chi connectivity index (χ4n) is 3.16. The average Bonchev–Trinajstić information content (AvgIpc) is 2.97. The fourth-order valence-corrected chi connectivity index (χ4v) is 3.16. The van der Waals surface area contributed by atoms with Gasteiger partial charge in [-0.2, -0.15) is 0 Å². The predicted octanol–water partition coefficient (Wildman–Crippen LogP) is 2.59. The number of amides is 1. The average molecular weight is 331 g/mol. The van der Waals surface area contributed by atoms with E-state index in [0.29, 0.717) is 48.3 Å². The van der Waals surface area contributed by atoms with Crippen molar-refractivity contribution in [3.63, 3.8) is 0 Å². The number of fused-ring (bicyclic) bond motifs is 1. The summed E-state index contributed by atoms with van der Waals surface area (Å²) in [6, 6.07) is 1.76. The van der Waals surface area contributed by atoms with Gasteiger partial charge in [-0.1, -0.05) is 19.0 Å². The molecule has 0 aliphatic carbocycles. The Labute approximate surface area is 139 Å². The Bertz CT molecular complexity index is 788. The first kappa shape index (κ1) is 16.4. The van der Waals surface area contributed by atoms with Crippen LogP contribution >= 0.6 is 0 Å². The van der Waals surface area contributed by atoms with Crippen LogP contribution in [0.25, 0.3) is 11.1 Å². The normalized spacial score (nSPS) is 16.1. The lowest BCUT2D eigenvalue weighted by Gasteiger charge is -2.30. The number of hydrogen-bond donors (Lipinski definition) is 1. The van der Waals surface area contributed by atoms with Crippen molar-refractivity contribution >= 4 is 23.0 Å². The van der Waals surface area contributed by atoms with Crippen molar-refractivity contribution in [2.24, 2.45) is 5.92 Å². The molecule has 3 rings (SSSR count). The van der Waals surface area contributed by atoms with Crippen LogP contribution in [0.3, 0.4) is 0 Å². The smallest absolute Gasteiger partial charge is 0.306 e. The highest BCUT2D eigenvalue weighted by molar-refractivity contribution is 6.06. The van der Waals surface area contributed by atoms with Crippen molar-refractivity contribution in [1.29, 1.82) is 0 Å². The summed E-state index contributed by atoms with van der Waals surface area (Å²) < 4.78 is 5.31. The van der Waals surface area contributed by atoms with E-state index in [4.69, 9.17) is 9.63 Å². The number of hydrogen-bond acceptors (Lipinski definition) is 5. The molecule has 0 saturated carbocycles. The summed E-state index contributed by atoms with van der Waals surface area (Å²) in [6.07, 6.45) is 0.962. The maximum absolute atomic E-state index is 13.0. The van der Waals surface area contributed by atoms with Gasteiger partial charge < -0.3 is 14.5 Å². The lowest BCUT2D eigenvalue weighted by Crippen LogP contribution is -2.40. The number of aromatic nitrogens is 2. The van der Waals surface area contributed by atoms with E-state index in [1.165, 1.54) is 0 Å². The highest BCUT2D eigenvalue weighted by Gasteiger charge is 2.30. The van der Waals surface area contributed by atoms with Crippen molar-refractivity contribution in [2.75, 3.05) is 13.1 Å². The van der Waals surface area contributed by atoms with Gasteiger partial charge in [-0.25, -0.2) is 4.98 Å². The minimum absolute atomic E-state index is 0.111. The van der Waals surface area contributed by atoms with Crippen molar-refractivity contribution in [2.45, 2.75) is 39.5 Å². The van der Waals surface area contributed by atoms with Crippen LogP contribution in [0, 0.1) is 12.8 Å². The van der Waals surface area contributed by atoms with Crippen LogP contribution in [0.5, 0.6) is 0 Å². The Balaban J connectivity index is 1.95. The Hall–Kier alpha value is -2.44. The number of aliphatic carboxylic acids is 1. The van der Waals surface area contributed by atoms with Crippen LogP contribution < -0.4 is 0 Å². The van der Waals surface area contributed by atoms with Gasteiger partial charge in [-0.15, -0.1) is 0 Å². The summed E-state index contributed by atoms with van der Waals surface area (Å²) in [7, 11) is 0. The number of pyridine rings is 1. The van der Waals surface area contributed by atoms with Crippen molar-refractivity contribution < 1.29 is 19.2 Å². The number of likely N-dealkylation sites (tertiary alicyclic amines) is 1. The quantitative estimate of drug-likeness (QED) is 0.928. The molecule has 1 saturated heterocycles. The maximum Gasteiger partial charge on any atom is 0.306 e. The molecule has 0 unspecified atom stereocenters. The number of carbonyl (C=O) groups excluding carboxylic acids is 1. The van der Waals surface area contributed by atoms with Crippen LogP contribution in [0.2, 0.25) is 0 Å². The maximum atomic E-state index is 13.0. The molecule has 1 fully saturated rings. The van der Waals surface area contributed by atoms with E-state index in [9.17, 15) is 9.59 Å². The van der Waals surface area contributed by atoms with Gasteiger partial charge >= 0.3 is 5.97 Å². The topological polar surface area (TPSA) is 96.5 Å². The molecule has 0 spiro atoms. The predicted molar refractivity (Wildman–Crippen MR) is 86.9 cm³/mol. The van der Waals surface area contributed by atoms with Gasteiger partial charge in [-0.3, -0.25) is 9.59 Å². The van der Waals surface area contributed by atoms with Crippen molar-refractivity contribution in [3.8, 4) is 0 Å². The van der Waals surface area contributed by atoms with E-state index in [2.05, 4.69) is 10.1 Å². The lowest BCUT2D eigenvalue weighted by molar-refractivity contribution is -0.143. The molecule has 1 aliphatic heterocycles. The summed E-state index contributed by atoms with van der Waals surface area (Å²) >= 11 is 0. The van der Waals surface area contributed by atoms with Crippen LogP contribution in [-0.2, 0) is 4.79 Å². The molecule has 0 atom stereocenters. The Morgan fingerprint density at radius 2 is 2.00 bits per heavy atom. The molecule has 3 heterocycles. The highest BCUT2D eigenvalue weighted by Crippen LogP contribution is 2.29. The van der Waals surface area contributed by atoms with E-state index in [1.807, 2.05) is 20.8 Å². The first-order valence-electron chi connectivity index (χ1n) is 8.17. The number of carbonyl (C=O) groups is 2. The van der Waals surface area contributed by atoms with Crippen molar-refractivity contribution in [1.82, 2.24) is 15.0 Å². The van der Waals surface area contributed by atoms with Gasteiger partial charge in [-0.05, 0) is 31.7 Å². The second-order valence-electron chi connectivity index (χ2n) is 6.62. The van der Waals surface area contributed by atoms with Gasteiger partial charge in [0.25, 0.3) is 11.6 Å². The van der Waals surface area contributed by atoms with Crippen LogP contribution in [0.1, 0.15) is 54.4 Å². The summed E-state index contributed by atoms with van der Waals surface area (Å²) in [4.78, 5) is 30.1. The van der Waals surface area contributed by atoms with E-state index >= 15 is 0 Å². The highest BCUT2D eigenvalue weighted by atomic mass is 16.5. The van der Waals surface area contributed by atoms with E-state index < -0.39 is 5.97 Å². The van der Waals surface area contributed by atoms with Gasteiger partial charge in [0.1, 0.15) is 0 Å². The molecule has 2 aromatic heterocycles. The van der Waals surface area contributed by atoms with E-state index in [1.54, 1.807) is 11.0 Å². The molecule has 24 heavy (non-hydrogen) atoms. The van der Waals surface area contributed by atoms with Crippen LogP contribution in [0.4, 0.5) is 0 Å². The molecule has 1 amide bonds. The van der Waals surface area contributed by atoms with Crippen molar-refractivity contribution in [3.05, 3.63) is 23.0 Å². The largest absolute Gasteiger partial charge is 0.481 e. The SMILES string of the molecule is Cc1cc(C(=O)N2CCC(C(=O)O)CC2)c2c(C(C)C)noc2n1. The molecule has 7 nitrogen and oxygen atoms in total. The third kappa shape index (κ3) is 2.86. The van der Waals surface area contributed by atoms with Gasteiger partial charge in [0.2, 0.25) is 0 Å². The number of rotatable bonds is 3. The zero-order valence-corrected chi connectivity index (χ0v) is 14.1. The number of piperidine rings is 1. The fraction of sp³-hybridized carbons (Fsp3) is 0.529. The second kappa shape index (κ2) is 6.22.